The average molecular weight is 237 g/mol. The molecule has 5 heteroatoms. The maximum absolute atomic E-state index is 11.2. The first-order chi connectivity index (χ1) is 5.75. The minimum absolute atomic E-state index is 0.0930. The van der Waals surface area contributed by atoms with E-state index in [0.29, 0.717) is 13.2 Å². The highest BCUT2D eigenvalue weighted by atomic mass is 79.9. The van der Waals surface area contributed by atoms with E-state index in [2.05, 4.69) is 15.9 Å². The number of carbonyl (C=O) groups is 1. The van der Waals surface area contributed by atoms with Crippen LogP contribution in [0.15, 0.2) is 0 Å². The molecule has 1 rings (SSSR count). The number of hydrogen-bond donors (Lipinski definition) is 1. The molecular weight excluding hydrogens is 224 g/mol. The van der Waals surface area contributed by atoms with Crippen LogP contribution in [-0.2, 0) is 9.63 Å². The predicted octanol–water partition coefficient (Wildman–Crippen LogP) is 0.263. The number of rotatable bonds is 4. The lowest BCUT2D eigenvalue weighted by Crippen LogP contribution is -2.34. The summed E-state index contributed by atoms with van der Waals surface area (Å²) in [6.07, 6.45) is 1.99. The summed E-state index contributed by atoms with van der Waals surface area (Å²) in [4.78, 5) is 16.2. The summed E-state index contributed by atoms with van der Waals surface area (Å²) in [5.74, 6) is -0.0930. The maximum atomic E-state index is 11.2. The Bertz CT molecular complexity index is 165. The van der Waals surface area contributed by atoms with Crippen molar-refractivity contribution >= 4 is 21.8 Å². The number of carbonyl (C=O) groups excluding carboxylic acids is 1. The van der Waals surface area contributed by atoms with Crippen LogP contribution in [0, 0.1) is 0 Å². The molecule has 1 aliphatic rings. The molecule has 0 spiro atoms. The Morgan fingerprint density at radius 3 is 2.92 bits per heavy atom. The van der Waals surface area contributed by atoms with Crippen LogP contribution < -0.4 is 5.73 Å². The van der Waals surface area contributed by atoms with E-state index >= 15 is 0 Å². The van der Waals surface area contributed by atoms with Gasteiger partial charge >= 0.3 is 0 Å². The molecule has 0 aromatic rings. The summed E-state index contributed by atoms with van der Waals surface area (Å²) in [7, 11) is 0. The van der Waals surface area contributed by atoms with Crippen molar-refractivity contribution < 1.29 is 9.63 Å². The van der Waals surface area contributed by atoms with Gasteiger partial charge in [0.1, 0.15) is 6.04 Å². The number of alkyl halides is 1. The molecule has 1 heterocycles. The van der Waals surface area contributed by atoms with E-state index < -0.39 is 6.04 Å². The lowest BCUT2D eigenvalue weighted by Gasteiger charge is -2.12. The van der Waals surface area contributed by atoms with Gasteiger partial charge in [0.05, 0.1) is 6.61 Å². The Hall–Kier alpha value is -0.130. The monoisotopic (exact) mass is 236 g/mol. The van der Waals surface area contributed by atoms with Crippen LogP contribution in [0.25, 0.3) is 0 Å². The Morgan fingerprint density at radius 2 is 2.42 bits per heavy atom. The molecule has 0 radical (unpaired) electrons. The first kappa shape index (κ1) is 9.95. The zero-order valence-electron chi connectivity index (χ0n) is 6.83. The number of amides is 1. The molecule has 1 aliphatic heterocycles. The first-order valence-electron chi connectivity index (χ1n) is 4.01. The van der Waals surface area contributed by atoms with Crippen molar-refractivity contribution in [3.63, 3.8) is 0 Å². The number of nitrogens with two attached hydrogens (primary N) is 1. The zero-order valence-corrected chi connectivity index (χ0v) is 8.42. The van der Waals surface area contributed by atoms with Crippen LogP contribution in [0.1, 0.15) is 12.8 Å². The van der Waals surface area contributed by atoms with Gasteiger partial charge in [-0.25, -0.2) is 5.06 Å². The SMILES string of the molecule is NC1CON(CCCCBr)C1=O. The smallest absolute Gasteiger partial charge is 0.265 e. The first-order valence-corrected chi connectivity index (χ1v) is 5.13. The fraction of sp³-hybridized carbons (Fsp3) is 0.857. The molecule has 1 fully saturated rings. The molecule has 4 nitrogen and oxygen atoms in total. The van der Waals surface area contributed by atoms with E-state index in [-0.39, 0.29) is 5.91 Å². The van der Waals surface area contributed by atoms with Crippen molar-refractivity contribution in [3.8, 4) is 0 Å². The largest absolute Gasteiger partial charge is 0.318 e. The van der Waals surface area contributed by atoms with Crippen LogP contribution in [0.5, 0.6) is 0 Å². The van der Waals surface area contributed by atoms with Gasteiger partial charge in [0, 0.05) is 11.9 Å². The van der Waals surface area contributed by atoms with Crippen molar-refractivity contribution in [2.75, 3.05) is 18.5 Å². The van der Waals surface area contributed by atoms with Crippen LogP contribution in [-0.4, -0.2) is 35.5 Å². The molecule has 1 unspecified atom stereocenters. The van der Waals surface area contributed by atoms with Gasteiger partial charge in [0.2, 0.25) is 0 Å². The van der Waals surface area contributed by atoms with Gasteiger partial charge < -0.3 is 5.73 Å². The van der Waals surface area contributed by atoms with Crippen LogP contribution in [0.2, 0.25) is 0 Å². The minimum Gasteiger partial charge on any atom is -0.318 e. The Labute approximate surface area is 80.1 Å². The summed E-state index contributed by atoms with van der Waals surface area (Å²) in [5, 5.41) is 2.33. The Kier molecular flexibility index (Phi) is 3.97. The molecule has 1 amide bonds. The highest BCUT2D eigenvalue weighted by Gasteiger charge is 2.29. The zero-order chi connectivity index (χ0) is 8.97. The van der Waals surface area contributed by atoms with Crippen molar-refractivity contribution in [2.45, 2.75) is 18.9 Å². The van der Waals surface area contributed by atoms with Crippen molar-refractivity contribution in [1.29, 1.82) is 0 Å². The quantitative estimate of drug-likeness (QED) is 0.563. The van der Waals surface area contributed by atoms with Crippen LogP contribution >= 0.6 is 15.9 Å². The molecule has 2 N–H and O–H groups in total. The average Bonchev–Trinajstić information content (AvgIpc) is 2.36. The highest BCUT2D eigenvalue weighted by molar-refractivity contribution is 9.09. The second-order valence-corrected chi connectivity index (χ2v) is 3.53. The number of hydrogen-bond acceptors (Lipinski definition) is 3. The van der Waals surface area contributed by atoms with Crippen LogP contribution in [0.3, 0.4) is 0 Å². The summed E-state index contributed by atoms with van der Waals surface area (Å²) in [6, 6.07) is -0.450. The summed E-state index contributed by atoms with van der Waals surface area (Å²) in [5.41, 5.74) is 5.45. The predicted molar refractivity (Wildman–Crippen MR) is 48.7 cm³/mol. The molecule has 70 valence electrons. The Balaban J connectivity index is 2.20. The third-order valence-electron chi connectivity index (χ3n) is 1.72. The van der Waals surface area contributed by atoms with Gasteiger partial charge in [-0.05, 0) is 12.8 Å². The molecule has 0 aliphatic carbocycles. The van der Waals surface area contributed by atoms with Gasteiger partial charge in [-0.15, -0.1) is 0 Å². The van der Waals surface area contributed by atoms with E-state index in [1.54, 1.807) is 0 Å². The van der Waals surface area contributed by atoms with E-state index in [1.165, 1.54) is 5.06 Å². The topological polar surface area (TPSA) is 55.6 Å². The fourth-order valence-electron chi connectivity index (χ4n) is 1.01. The van der Waals surface area contributed by atoms with Gasteiger partial charge in [-0.2, -0.15) is 0 Å². The van der Waals surface area contributed by atoms with Crippen molar-refractivity contribution in [2.24, 2.45) is 5.73 Å². The summed E-state index contributed by atoms with van der Waals surface area (Å²) < 4.78 is 0. The fourth-order valence-corrected chi connectivity index (χ4v) is 1.41. The van der Waals surface area contributed by atoms with Crippen molar-refractivity contribution in [1.82, 2.24) is 5.06 Å². The second-order valence-electron chi connectivity index (χ2n) is 2.74. The maximum Gasteiger partial charge on any atom is 0.265 e. The molecule has 0 bridgehead atoms. The lowest BCUT2D eigenvalue weighted by molar-refractivity contribution is -0.161. The van der Waals surface area contributed by atoms with E-state index in [1.807, 2.05) is 0 Å². The van der Waals surface area contributed by atoms with Crippen molar-refractivity contribution in [3.05, 3.63) is 0 Å². The molecular formula is C7H13BrN2O2. The van der Waals surface area contributed by atoms with Crippen LogP contribution in [0.4, 0.5) is 0 Å². The third-order valence-corrected chi connectivity index (χ3v) is 2.28. The van der Waals surface area contributed by atoms with E-state index in [0.717, 1.165) is 18.2 Å². The second kappa shape index (κ2) is 4.79. The summed E-state index contributed by atoms with van der Waals surface area (Å²) >= 11 is 3.32. The molecule has 0 saturated carbocycles. The standard InChI is InChI=1S/C7H13BrN2O2/c8-3-1-2-4-10-7(11)6(9)5-12-10/h6H,1-5,9H2. The van der Waals surface area contributed by atoms with E-state index in [9.17, 15) is 4.79 Å². The van der Waals surface area contributed by atoms with Gasteiger partial charge in [-0.1, -0.05) is 15.9 Å². The number of unbranched alkanes of at least 4 members (excludes halogenated alkanes) is 1. The normalized spacial score (nSPS) is 23.7. The molecule has 0 aromatic carbocycles. The van der Waals surface area contributed by atoms with E-state index in [4.69, 9.17) is 10.6 Å². The number of nitrogens with zero attached hydrogens (tertiary/aromatic N) is 1. The highest BCUT2D eigenvalue weighted by Crippen LogP contribution is 2.07. The number of halogens is 1. The minimum atomic E-state index is -0.450. The molecule has 1 atom stereocenters. The molecule has 12 heavy (non-hydrogen) atoms. The van der Waals surface area contributed by atoms with Gasteiger partial charge in [0.25, 0.3) is 5.91 Å². The molecule has 0 aromatic heterocycles. The number of hydroxylamine groups is 2. The summed E-state index contributed by atoms with van der Waals surface area (Å²) in [6.45, 7) is 0.977. The van der Waals surface area contributed by atoms with Gasteiger partial charge in [-0.3, -0.25) is 9.63 Å². The third kappa shape index (κ3) is 2.43. The van der Waals surface area contributed by atoms with Gasteiger partial charge in [0.15, 0.2) is 0 Å². The Morgan fingerprint density at radius 1 is 1.67 bits per heavy atom. The molecule has 1 saturated heterocycles. The lowest BCUT2D eigenvalue weighted by atomic mass is 10.3.